The van der Waals surface area contributed by atoms with E-state index in [0.29, 0.717) is 12.0 Å². The SMILES string of the molecule is CCC(OC1CCCCC1)C(=O)Nc1cc(CN)cc(C(F)(F)F)c1. The molecule has 140 valence electrons. The van der Waals surface area contributed by atoms with Gasteiger partial charge in [0.2, 0.25) is 0 Å². The number of carbonyl (C=O) groups excluding carboxylic acids is 1. The Hall–Kier alpha value is -1.60. The summed E-state index contributed by atoms with van der Waals surface area (Å²) in [7, 11) is 0. The molecule has 1 fully saturated rings. The molecule has 25 heavy (non-hydrogen) atoms. The van der Waals surface area contributed by atoms with Gasteiger partial charge >= 0.3 is 6.18 Å². The molecule has 1 aliphatic carbocycles. The van der Waals surface area contributed by atoms with Crippen molar-refractivity contribution in [2.45, 2.75) is 70.4 Å². The molecule has 0 saturated heterocycles. The Kier molecular flexibility index (Phi) is 6.84. The number of nitrogens with one attached hydrogen (secondary N) is 1. The van der Waals surface area contributed by atoms with Gasteiger partial charge in [-0.3, -0.25) is 4.79 Å². The van der Waals surface area contributed by atoms with Crippen molar-refractivity contribution >= 4 is 11.6 Å². The fourth-order valence-corrected chi connectivity index (χ4v) is 3.05. The number of ether oxygens (including phenoxy) is 1. The summed E-state index contributed by atoms with van der Waals surface area (Å²) in [5.74, 6) is -0.421. The van der Waals surface area contributed by atoms with Crippen LogP contribution < -0.4 is 11.1 Å². The van der Waals surface area contributed by atoms with E-state index in [-0.39, 0.29) is 18.3 Å². The van der Waals surface area contributed by atoms with Crippen LogP contribution in [0.4, 0.5) is 18.9 Å². The van der Waals surface area contributed by atoms with E-state index < -0.39 is 23.8 Å². The molecule has 7 heteroatoms. The molecule has 1 aromatic rings. The Morgan fingerprint density at radius 2 is 1.96 bits per heavy atom. The topological polar surface area (TPSA) is 64.3 Å². The zero-order valence-electron chi connectivity index (χ0n) is 14.4. The van der Waals surface area contributed by atoms with Crippen molar-refractivity contribution in [2.75, 3.05) is 5.32 Å². The molecule has 1 unspecified atom stereocenters. The first-order valence-electron chi connectivity index (χ1n) is 8.71. The first kappa shape index (κ1) is 19.7. The summed E-state index contributed by atoms with van der Waals surface area (Å²) in [5.41, 5.74) is 5.04. The zero-order chi connectivity index (χ0) is 18.4. The Morgan fingerprint density at radius 1 is 1.28 bits per heavy atom. The number of carbonyl (C=O) groups is 1. The van der Waals surface area contributed by atoms with Gasteiger partial charge in [-0.1, -0.05) is 26.2 Å². The third-order valence-corrected chi connectivity index (χ3v) is 4.40. The van der Waals surface area contributed by atoms with Gasteiger partial charge in [0.15, 0.2) is 0 Å². The molecule has 3 N–H and O–H groups in total. The summed E-state index contributed by atoms with van der Waals surface area (Å²) in [6, 6.07) is 3.37. The number of benzene rings is 1. The summed E-state index contributed by atoms with van der Waals surface area (Å²) in [5, 5.41) is 2.55. The van der Waals surface area contributed by atoms with Crippen LogP contribution in [0.25, 0.3) is 0 Å². The zero-order valence-corrected chi connectivity index (χ0v) is 14.4. The molecular weight excluding hydrogens is 333 g/mol. The molecule has 0 radical (unpaired) electrons. The van der Waals surface area contributed by atoms with Gasteiger partial charge < -0.3 is 15.8 Å². The van der Waals surface area contributed by atoms with Crippen molar-refractivity contribution < 1.29 is 22.7 Å². The van der Waals surface area contributed by atoms with Gasteiger partial charge in [0.25, 0.3) is 5.91 Å². The number of hydrogen-bond acceptors (Lipinski definition) is 3. The van der Waals surface area contributed by atoms with E-state index in [1.54, 1.807) is 0 Å². The van der Waals surface area contributed by atoms with Crippen LogP contribution in [0.1, 0.15) is 56.6 Å². The van der Waals surface area contributed by atoms with Crippen molar-refractivity contribution in [2.24, 2.45) is 5.73 Å². The predicted molar refractivity (Wildman–Crippen MR) is 90.0 cm³/mol. The van der Waals surface area contributed by atoms with E-state index in [2.05, 4.69) is 5.32 Å². The van der Waals surface area contributed by atoms with E-state index in [9.17, 15) is 18.0 Å². The summed E-state index contributed by atoms with van der Waals surface area (Å²) in [4.78, 5) is 12.4. The van der Waals surface area contributed by atoms with Crippen molar-refractivity contribution in [3.63, 3.8) is 0 Å². The number of amides is 1. The van der Waals surface area contributed by atoms with Crippen LogP contribution in [0.5, 0.6) is 0 Å². The van der Waals surface area contributed by atoms with Crippen LogP contribution in [0.3, 0.4) is 0 Å². The number of alkyl halides is 3. The standard InChI is InChI=1S/C18H25F3N2O2/c1-2-16(25-15-6-4-3-5-7-15)17(24)23-14-9-12(11-22)8-13(10-14)18(19,20)21/h8-10,15-16H,2-7,11,22H2,1H3,(H,23,24). The lowest BCUT2D eigenvalue weighted by Gasteiger charge is -2.26. The average Bonchev–Trinajstić information content (AvgIpc) is 2.59. The lowest BCUT2D eigenvalue weighted by molar-refractivity contribution is -0.137. The average molecular weight is 358 g/mol. The van der Waals surface area contributed by atoms with Crippen molar-refractivity contribution in [3.05, 3.63) is 29.3 Å². The molecule has 0 heterocycles. The van der Waals surface area contributed by atoms with Crippen molar-refractivity contribution in [1.29, 1.82) is 0 Å². The summed E-state index contributed by atoms with van der Waals surface area (Å²) >= 11 is 0. The summed E-state index contributed by atoms with van der Waals surface area (Å²) in [6.45, 7) is 1.78. The van der Waals surface area contributed by atoms with E-state index >= 15 is 0 Å². The number of nitrogens with two attached hydrogens (primary N) is 1. The molecule has 1 atom stereocenters. The molecule has 1 amide bonds. The molecule has 1 aliphatic rings. The van der Waals surface area contributed by atoms with Gasteiger partial charge in [-0.25, -0.2) is 0 Å². The smallest absolute Gasteiger partial charge is 0.365 e. The highest BCUT2D eigenvalue weighted by Gasteiger charge is 2.31. The number of anilines is 1. The predicted octanol–water partition coefficient (Wildman–Crippen LogP) is 4.23. The molecule has 0 spiro atoms. The third kappa shape index (κ3) is 5.71. The number of hydrogen-bond donors (Lipinski definition) is 2. The fourth-order valence-electron chi connectivity index (χ4n) is 3.05. The Bertz CT molecular complexity index is 584. The molecule has 1 saturated carbocycles. The highest BCUT2D eigenvalue weighted by Crippen LogP contribution is 2.32. The largest absolute Gasteiger partial charge is 0.416 e. The lowest BCUT2D eigenvalue weighted by atomic mass is 9.97. The maximum absolute atomic E-state index is 13.0. The molecule has 0 aliphatic heterocycles. The normalized spacial score (nSPS) is 17.3. The summed E-state index contributed by atoms with van der Waals surface area (Å²) in [6.07, 6.45) is 0.527. The third-order valence-electron chi connectivity index (χ3n) is 4.40. The first-order chi connectivity index (χ1) is 11.8. The molecule has 0 bridgehead atoms. The highest BCUT2D eigenvalue weighted by atomic mass is 19.4. The van der Waals surface area contributed by atoms with E-state index in [1.807, 2.05) is 6.92 Å². The minimum absolute atomic E-state index is 0.0391. The second kappa shape index (κ2) is 8.67. The molecule has 4 nitrogen and oxygen atoms in total. The van der Waals surface area contributed by atoms with Crippen LogP contribution in [-0.2, 0) is 22.3 Å². The number of rotatable bonds is 6. The van der Waals surface area contributed by atoms with Crippen LogP contribution in [0.2, 0.25) is 0 Å². The van der Waals surface area contributed by atoms with E-state index in [1.165, 1.54) is 12.5 Å². The van der Waals surface area contributed by atoms with Crippen LogP contribution in [0, 0.1) is 0 Å². The Morgan fingerprint density at radius 3 is 2.52 bits per heavy atom. The molecular formula is C18H25F3N2O2. The van der Waals surface area contributed by atoms with Crippen LogP contribution >= 0.6 is 0 Å². The number of halogens is 3. The van der Waals surface area contributed by atoms with Crippen molar-refractivity contribution in [3.8, 4) is 0 Å². The minimum atomic E-state index is -4.49. The first-order valence-corrected chi connectivity index (χ1v) is 8.71. The van der Waals surface area contributed by atoms with Gasteiger partial charge in [-0.2, -0.15) is 13.2 Å². The van der Waals surface area contributed by atoms with Gasteiger partial charge in [-0.15, -0.1) is 0 Å². The Labute approximate surface area is 145 Å². The quantitative estimate of drug-likeness (QED) is 0.800. The fraction of sp³-hybridized carbons (Fsp3) is 0.611. The van der Waals surface area contributed by atoms with Gasteiger partial charge in [0.1, 0.15) is 6.10 Å². The van der Waals surface area contributed by atoms with Crippen LogP contribution in [0.15, 0.2) is 18.2 Å². The maximum Gasteiger partial charge on any atom is 0.416 e. The summed E-state index contributed by atoms with van der Waals surface area (Å²) < 4.78 is 44.8. The monoisotopic (exact) mass is 358 g/mol. The maximum atomic E-state index is 13.0. The molecule has 0 aromatic heterocycles. The molecule has 1 aromatic carbocycles. The highest BCUT2D eigenvalue weighted by molar-refractivity contribution is 5.94. The minimum Gasteiger partial charge on any atom is -0.365 e. The van der Waals surface area contributed by atoms with E-state index in [0.717, 1.165) is 37.8 Å². The van der Waals surface area contributed by atoms with Gasteiger partial charge in [0.05, 0.1) is 11.7 Å². The van der Waals surface area contributed by atoms with Gasteiger partial charge in [0, 0.05) is 12.2 Å². The van der Waals surface area contributed by atoms with E-state index in [4.69, 9.17) is 10.5 Å². The second-order valence-electron chi connectivity index (χ2n) is 6.40. The lowest BCUT2D eigenvalue weighted by Crippen LogP contribution is -2.34. The second-order valence-corrected chi connectivity index (χ2v) is 6.40. The van der Waals surface area contributed by atoms with Crippen LogP contribution in [-0.4, -0.2) is 18.1 Å². The Balaban J connectivity index is 2.09. The van der Waals surface area contributed by atoms with Crippen molar-refractivity contribution in [1.82, 2.24) is 0 Å². The molecule has 2 rings (SSSR count). The van der Waals surface area contributed by atoms with Gasteiger partial charge in [-0.05, 0) is 43.0 Å².